The Labute approximate surface area is 241 Å². The van der Waals surface area contributed by atoms with Crippen molar-refractivity contribution in [3.8, 4) is 11.5 Å². The molecule has 0 atom stereocenters. The van der Waals surface area contributed by atoms with Gasteiger partial charge in [-0.15, -0.1) is 0 Å². The van der Waals surface area contributed by atoms with Crippen LogP contribution in [0.15, 0.2) is 47.7 Å². The van der Waals surface area contributed by atoms with Crippen LogP contribution in [0.3, 0.4) is 0 Å². The van der Waals surface area contributed by atoms with E-state index in [1.165, 1.54) is 35.0 Å². The number of amides is 1. The Bertz CT molecular complexity index is 1500. The lowest BCUT2D eigenvalue weighted by Crippen LogP contribution is -2.43. The number of halogens is 2. The van der Waals surface area contributed by atoms with Crippen LogP contribution in [-0.4, -0.2) is 86.0 Å². The monoisotopic (exact) mass is 587 g/mol. The Morgan fingerprint density at radius 2 is 2.00 bits per heavy atom. The fourth-order valence-corrected chi connectivity index (χ4v) is 4.52. The smallest absolute Gasteiger partial charge is 0.239 e. The molecule has 1 aromatic heterocycles. The average molecular weight is 588 g/mol. The Morgan fingerprint density at radius 1 is 1.17 bits per heavy atom. The first kappa shape index (κ1) is 30.7. The van der Waals surface area contributed by atoms with E-state index in [0.29, 0.717) is 72.9 Å². The van der Waals surface area contributed by atoms with Crippen molar-refractivity contribution in [2.75, 3.05) is 70.6 Å². The van der Waals surface area contributed by atoms with E-state index in [9.17, 15) is 18.7 Å². The lowest BCUT2D eigenvalue weighted by molar-refractivity contribution is -0.118. The minimum Gasteiger partial charge on any atom is -0.493 e. The number of hydrogen-bond donors (Lipinski definition) is 3. The second-order valence-electron chi connectivity index (χ2n) is 9.45. The number of ether oxygens (including phenoxy) is 3. The molecule has 0 bridgehead atoms. The van der Waals surface area contributed by atoms with E-state index in [-0.39, 0.29) is 25.5 Å². The molecule has 0 spiro atoms. The Kier molecular flexibility index (Phi) is 10.6. The van der Waals surface area contributed by atoms with Crippen LogP contribution < -0.4 is 36.0 Å². The quantitative estimate of drug-likeness (QED) is 0.206. The van der Waals surface area contributed by atoms with Gasteiger partial charge in [0.1, 0.15) is 19.0 Å². The van der Waals surface area contributed by atoms with E-state index in [1.807, 2.05) is 0 Å². The van der Waals surface area contributed by atoms with Gasteiger partial charge >= 0.3 is 0 Å². The number of fused-ring (bicyclic) bond motifs is 1. The van der Waals surface area contributed by atoms with Gasteiger partial charge in [0.25, 0.3) is 0 Å². The molecule has 1 aliphatic heterocycles. The molecule has 0 aliphatic carbocycles. The summed E-state index contributed by atoms with van der Waals surface area (Å²) in [4.78, 5) is 19.5. The summed E-state index contributed by atoms with van der Waals surface area (Å²) in [6.45, 7) is 2.82. The molecular formula is C28H35F2N7O5. The lowest BCUT2D eigenvalue weighted by atomic mass is 10.2. The van der Waals surface area contributed by atoms with Crippen LogP contribution in [0.4, 0.5) is 20.2 Å². The number of carbonyl (C=O) groups is 1. The number of nitrogens with two attached hydrogens (primary N) is 1. The normalized spacial score (nSPS) is 12.7. The second-order valence-corrected chi connectivity index (χ2v) is 9.45. The van der Waals surface area contributed by atoms with Gasteiger partial charge in [0.15, 0.2) is 23.1 Å². The van der Waals surface area contributed by atoms with E-state index in [2.05, 4.69) is 20.3 Å². The number of aromatic nitrogens is 2. The largest absolute Gasteiger partial charge is 0.493 e. The number of hydrogen-bond acceptors (Lipinski definition) is 10. The third-order valence-electron chi connectivity index (χ3n) is 6.53. The van der Waals surface area contributed by atoms with Crippen LogP contribution >= 0.6 is 0 Å². The number of rotatable bonds is 16. The molecule has 4 rings (SSSR count). The second kappa shape index (κ2) is 14.6. The van der Waals surface area contributed by atoms with Gasteiger partial charge < -0.3 is 35.3 Å². The molecule has 0 saturated carbocycles. The molecule has 14 heteroatoms. The first-order valence-electron chi connectivity index (χ1n) is 13.4. The molecule has 3 aromatic rings. The fraction of sp³-hybridized carbons (Fsp3) is 0.393. The predicted molar refractivity (Wildman–Crippen MR) is 151 cm³/mol. The molecule has 0 saturated heterocycles. The van der Waals surface area contributed by atoms with Crippen molar-refractivity contribution in [2.45, 2.75) is 13.0 Å². The molecule has 42 heavy (non-hydrogen) atoms. The molecule has 0 unspecified atom stereocenters. The number of aliphatic hydroxyl groups excluding tert-OH is 1. The fourth-order valence-electron chi connectivity index (χ4n) is 4.52. The van der Waals surface area contributed by atoms with Crippen molar-refractivity contribution >= 4 is 23.1 Å². The highest BCUT2D eigenvalue weighted by Gasteiger charge is 2.23. The number of carbonyl (C=O) groups excluding carboxylic acids is 1. The SMILES string of the molecule is COCCN(CCO)CCCOc1cc2c(cc1OC)=C(Nc1cnn(CC(N)=O)c1)N(c1cccc(F)c1F)CN=2. The highest BCUT2D eigenvalue weighted by Crippen LogP contribution is 2.28. The van der Waals surface area contributed by atoms with Gasteiger partial charge in [0, 0.05) is 44.2 Å². The summed E-state index contributed by atoms with van der Waals surface area (Å²) in [5.41, 5.74) is 5.75. The third kappa shape index (κ3) is 7.51. The number of anilines is 2. The number of nitrogens with zero attached hydrogens (tertiary/aromatic N) is 5. The first-order valence-corrected chi connectivity index (χ1v) is 13.4. The van der Waals surface area contributed by atoms with Gasteiger partial charge in [-0.2, -0.15) is 5.10 Å². The highest BCUT2D eigenvalue weighted by molar-refractivity contribution is 5.78. The zero-order chi connectivity index (χ0) is 30.1. The van der Waals surface area contributed by atoms with Gasteiger partial charge in [-0.25, -0.2) is 8.78 Å². The predicted octanol–water partition coefficient (Wildman–Crippen LogP) is 0.640. The topological polar surface area (TPSA) is 140 Å². The summed E-state index contributed by atoms with van der Waals surface area (Å²) in [6.07, 6.45) is 3.76. The number of primary amides is 1. The Hall–Kier alpha value is -4.27. The summed E-state index contributed by atoms with van der Waals surface area (Å²) in [5.74, 6) is -1.28. The van der Waals surface area contributed by atoms with Gasteiger partial charge in [0.05, 0.1) is 49.9 Å². The highest BCUT2D eigenvalue weighted by atomic mass is 19.2. The number of nitrogens with one attached hydrogen (secondary N) is 1. The van der Waals surface area contributed by atoms with Crippen molar-refractivity contribution in [3.05, 3.63) is 64.9 Å². The first-order chi connectivity index (χ1) is 20.3. The molecule has 226 valence electrons. The summed E-state index contributed by atoms with van der Waals surface area (Å²) in [7, 11) is 3.14. The van der Waals surface area contributed by atoms with Crippen LogP contribution in [0.2, 0.25) is 0 Å². The van der Waals surface area contributed by atoms with Crippen LogP contribution in [0.1, 0.15) is 6.42 Å². The van der Waals surface area contributed by atoms with Gasteiger partial charge in [0.2, 0.25) is 5.91 Å². The van der Waals surface area contributed by atoms with Crippen molar-refractivity contribution < 1.29 is 32.9 Å². The molecule has 0 radical (unpaired) electrons. The van der Waals surface area contributed by atoms with Gasteiger partial charge in [-0.05, 0) is 24.6 Å². The maximum Gasteiger partial charge on any atom is 0.239 e. The van der Waals surface area contributed by atoms with Crippen LogP contribution in [0, 0.1) is 11.6 Å². The molecule has 4 N–H and O–H groups in total. The maximum atomic E-state index is 14.9. The molecule has 12 nitrogen and oxygen atoms in total. The summed E-state index contributed by atoms with van der Waals surface area (Å²) in [6, 6.07) is 7.37. The Morgan fingerprint density at radius 3 is 2.74 bits per heavy atom. The van der Waals surface area contributed by atoms with Crippen LogP contribution in [-0.2, 0) is 16.1 Å². The number of aliphatic hydroxyl groups is 1. The van der Waals surface area contributed by atoms with E-state index in [4.69, 9.17) is 19.9 Å². The van der Waals surface area contributed by atoms with Crippen molar-refractivity contribution in [3.63, 3.8) is 0 Å². The number of methoxy groups -OCH3 is 2. The van der Waals surface area contributed by atoms with Gasteiger partial charge in [-0.3, -0.25) is 19.4 Å². The van der Waals surface area contributed by atoms with E-state index in [1.54, 1.807) is 25.4 Å². The molecule has 2 aromatic carbocycles. The summed E-state index contributed by atoms with van der Waals surface area (Å²) < 4.78 is 47.3. The average Bonchev–Trinajstić information content (AvgIpc) is 3.41. The molecule has 1 aliphatic rings. The van der Waals surface area contributed by atoms with Crippen molar-refractivity contribution in [1.29, 1.82) is 0 Å². The molecular weight excluding hydrogens is 552 g/mol. The van der Waals surface area contributed by atoms with E-state index < -0.39 is 17.5 Å². The van der Waals surface area contributed by atoms with Crippen LogP contribution in [0.5, 0.6) is 11.5 Å². The van der Waals surface area contributed by atoms with E-state index >= 15 is 0 Å². The maximum absolute atomic E-state index is 14.9. The molecule has 0 fully saturated rings. The van der Waals surface area contributed by atoms with Crippen molar-refractivity contribution in [2.24, 2.45) is 10.7 Å². The minimum atomic E-state index is -1.02. The Balaban J connectivity index is 1.66. The number of benzene rings is 2. The standard InChI is InChI=1S/C28H35F2N7O5/c1-40-12-9-35(8-10-38)7-4-11-42-25-14-22-20(13-24(25)41-2)28(34-19-15-33-36(16-19)17-26(31)39)37(18-32-22)23-6-3-5-21(29)27(23)30/h3,5-6,13-16,34,38H,4,7-12,17-18H2,1-2H3,(H2,31,39). The summed E-state index contributed by atoms with van der Waals surface area (Å²) in [5, 5.41) is 17.8. The molecule has 2 heterocycles. The third-order valence-corrected chi connectivity index (χ3v) is 6.53. The molecule has 1 amide bonds. The van der Waals surface area contributed by atoms with Crippen LogP contribution in [0.25, 0.3) is 5.82 Å². The zero-order valence-electron chi connectivity index (χ0n) is 23.6. The van der Waals surface area contributed by atoms with Crippen molar-refractivity contribution in [1.82, 2.24) is 14.7 Å². The minimum absolute atomic E-state index is 0.0170. The van der Waals surface area contributed by atoms with E-state index in [0.717, 1.165) is 6.07 Å². The zero-order valence-corrected chi connectivity index (χ0v) is 23.6. The summed E-state index contributed by atoms with van der Waals surface area (Å²) >= 11 is 0. The van der Waals surface area contributed by atoms with Gasteiger partial charge in [-0.1, -0.05) is 6.07 Å². The lowest BCUT2D eigenvalue weighted by Gasteiger charge is -2.29.